The zero-order chi connectivity index (χ0) is 13.0. The van der Waals surface area contributed by atoms with Gasteiger partial charge in [-0.1, -0.05) is 18.6 Å². The molecule has 0 aliphatic carbocycles. The van der Waals surface area contributed by atoms with E-state index in [2.05, 4.69) is 4.90 Å². The lowest BCUT2D eigenvalue weighted by Gasteiger charge is -2.34. The molecule has 18 heavy (non-hydrogen) atoms. The van der Waals surface area contributed by atoms with Crippen molar-refractivity contribution >= 4 is 5.97 Å². The molecule has 0 amide bonds. The molecule has 1 aliphatic rings. The molecule has 0 saturated carbocycles. The minimum atomic E-state index is -0.744. The quantitative estimate of drug-likeness (QED) is 0.894. The van der Waals surface area contributed by atoms with Gasteiger partial charge in [-0.2, -0.15) is 0 Å². The third kappa shape index (κ3) is 3.53. The predicted molar refractivity (Wildman–Crippen MR) is 66.7 cm³/mol. The molecular formula is C14H18FNO2. The summed E-state index contributed by atoms with van der Waals surface area (Å²) in [5.41, 5.74) is 1.04. The first-order valence-corrected chi connectivity index (χ1v) is 6.35. The molecule has 1 aromatic rings. The van der Waals surface area contributed by atoms with Crippen molar-refractivity contribution in [2.45, 2.75) is 38.3 Å². The lowest BCUT2D eigenvalue weighted by molar-refractivity contribution is -0.138. The van der Waals surface area contributed by atoms with Gasteiger partial charge in [0, 0.05) is 12.6 Å². The van der Waals surface area contributed by atoms with Crippen LogP contribution in [0.15, 0.2) is 24.3 Å². The highest BCUT2D eigenvalue weighted by Gasteiger charge is 2.24. The average Bonchev–Trinajstić information content (AvgIpc) is 2.34. The van der Waals surface area contributed by atoms with E-state index in [0.29, 0.717) is 6.54 Å². The van der Waals surface area contributed by atoms with E-state index in [-0.39, 0.29) is 18.3 Å². The highest BCUT2D eigenvalue weighted by molar-refractivity contribution is 5.67. The fourth-order valence-electron chi connectivity index (χ4n) is 2.53. The van der Waals surface area contributed by atoms with Crippen LogP contribution in [0.1, 0.15) is 31.2 Å². The van der Waals surface area contributed by atoms with E-state index < -0.39 is 5.97 Å². The first-order valence-electron chi connectivity index (χ1n) is 6.35. The number of halogens is 1. The van der Waals surface area contributed by atoms with Gasteiger partial charge in [0.05, 0.1) is 6.42 Å². The van der Waals surface area contributed by atoms with Crippen molar-refractivity contribution in [3.05, 3.63) is 35.6 Å². The van der Waals surface area contributed by atoms with E-state index in [0.717, 1.165) is 31.4 Å². The van der Waals surface area contributed by atoms with E-state index >= 15 is 0 Å². The second kappa shape index (κ2) is 5.96. The smallest absolute Gasteiger partial charge is 0.304 e. The average molecular weight is 251 g/mol. The summed E-state index contributed by atoms with van der Waals surface area (Å²) in [5.74, 6) is -0.981. The normalized spacial score (nSPS) is 20.8. The van der Waals surface area contributed by atoms with Crippen LogP contribution >= 0.6 is 0 Å². The van der Waals surface area contributed by atoms with Gasteiger partial charge < -0.3 is 5.11 Å². The minimum Gasteiger partial charge on any atom is -0.481 e. The molecular weight excluding hydrogens is 233 g/mol. The molecule has 4 heteroatoms. The molecule has 1 unspecified atom stereocenters. The van der Waals surface area contributed by atoms with Gasteiger partial charge in [0.2, 0.25) is 0 Å². The molecule has 1 heterocycles. The van der Waals surface area contributed by atoms with Crippen molar-refractivity contribution in [3.8, 4) is 0 Å². The number of carboxylic acid groups (broad SMARTS) is 1. The Morgan fingerprint density at radius 2 is 2.06 bits per heavy atom. The summed E-state index contributed by atoms with van der Waals surface area (Å²) < 4.78 is 12.8. The van der Waals surface area contributed by atoms with Gasteiger partial charge in [0.25, 0.3) is 0 Å². The Labute approximate surface area is 106 Å². The molecule has 0 bridgehead atoms. The second-order valence-electron chi connectivity index (χ2n) is 4.84. The van der Waals surface area contributed by atoms with E-state index in [4.69, 9.17) is 5.11 Å². The molecule has 2 rings (SSSR count). The second-order valence-corrected chi connectivity index (χ2v) is 4.84. The zero-order valence-electron chi connectivity index (χ0n) is 10.3. The maximum Gasteiger partial charge on any atom is 0.304 e. The number of rotatable bonds is 4. The van der Waals surface area contributed by atoms with Gasteiger partial charge in [-0.25, -0.2) is 4.39 Å². The van der Waals surface area contributed by atoms with Crippen LogP contribution < -0.4 is 0 Å². The van der Waals surface area contributed by atoms with E-state index in [9.17, 15) is 9.18 Å². The van der Waals surface area contributed by atoms with Gasteiger partial charge in [-0.05, 0) is 37.1 Å². The summed E-state index contributed by atoms with van der Waals surface area (Å²) in [5, 5.41) is 8.91. The molecule has 3 nitrogen and oxygen atoms in total. The van der Waals surface area contributed by atoms with Crippen LogP contribution in [0.25, 0.3) is 0 Å². The number of piperidine rings is 1. The number of hydrogen-bond donors (Lipinski definition) is 1. The van der Waals surface area contributed by atoms with Crippen LogP contribution in [0.3, 0.4) is 0 Å². The van der Waals surface area contributed by atoms with E-state index in [1.807, 2.05) is 0 Å². The van der Waals surface area contributed by atoms with Gasteiger partial charge in [-0.15, -0.1) is 0 Å². The van der Waals surface area contributed by atoms with Crippen molar-refractivity contribution in [2.75, 3.05) is 6.54 Å². The first kappa shape index (κ1) is 13.0. The molecule has 1 N–H and O–H groups in total. The Balaban J connectivity index is 2.00. The third-order valence-electron chi connectivity index (χ3n) is 3.46. The monoisotopic (exact) mass is 251 g/mol. The summed E-state index contributed by atoms with van der Waals surface area (Å²) >= 11 is 0. The Morgan fingerprint density at radius 1 is 1.33 bits per heavy atom. The molecule has 1 atom stereocenters. The lowest BCUT2D eigenvalue weighted by Crippen LogP contribution is -2.40. The first-order chi connectivity index (χ1) is 8.65. The van der Waals surface area contributed by atoms with Crippen LogP contribution in [0, 0.1) is 5.82 Å². The molecule has 0 radical (unpaired) electrons. The summed E-state index contributed by atoms with van der Waals surface area (Å²) in [6.45, 7) is 1.63. The largest absolute Gasteiger partial charge is 0.481 e. The topological polar surface area (TPSA) is 40.5 Å². The van der Waals surface area contributed by atoms with Crippen molar-refractivity contribution in [2.24, 2.45) is 0 Å². The third-order valence-corrected chi connectivity index (χ3v) is 3.46. The molecule has 1 fully saturated rings. The summed E-state index contributed by atoms with van der Waals surface area (Å²) in [6, 6.07) is 6.54. The van der Waals surface area contributed by atoms with Gasteiger partial charge in [0.15, 0.2) is 0 Å². The number of hydrogen-bond acceptors (Lipinski definition) is 2. The maximum atomic E-state index is 12.8. The SMILES string of the molecule is O=C(O)CC1CCCCN1Cc1ccc(F)cc1. The Morgan fingerprint density at radius 3 is 2.72 bits per heavy atom. The molecule has 1 aromatic carbocycles. The minimum absolute atomic E-state index is 0.112. The molecule has 0 aromatic heterocycles. The van der Waals surface area contributed by atoms with Crippen LogP contribution in [-0.2, 0) is 11.3 Å². The molecule has 98 valence electrons. The fraction of sp³-hybridized carbons (Fsp3) is 0.500. The van der Waals surface area contributed by atoms with Crippen LogP contribution in [0.5, 0.6) is 0 Å². The number of carbonyl (C=O) groups is 1. The van der Waals surface area contributed by atoms with Crippen LogP contribution in [0.2, 0.25) is 0 Å². The standard InChI is InChI=1S/C14H18FNO2/c15-12-6-4-11(5-7-12)10-16-8-2-1-3-13(16)9-14(17)18/h4-7,13H,1-3,8-10H2,(H,17,18). The maximum absolute atomic E-state index is 12.8. The van der Waals surface area contributed by atoms with Crippen LogP contribution in [0.4, 0.5) is 4.39 Å². The summed E-state index contributed by atoms with van der Waals surface area (Å²) in [7, 11) is 0. The predicted octanol–water partition coefficient (Wildman–Crippen LogP) is 2.65. The van der Waals surface area contributed by atoms with Crippen molar-refractivity contribution in [3.63, 3.8) is 0 Å². The number of aliphatic carboxylic acids is 1. The Bertz CT molecular complexity index is 405. The highest BCUT2D eigenvalue weighted by atomic mass is 19.1. The van der Waals surface area contributed by atoms with E-state index in [1.54, 1.807) is 12.1 Å². The van der Waals surface area contributed by atoms with E-state index in [1.165, 1.54) is 12.1 Å². The van der Waals surface area contributed by atoms with Crippen molar-refractivity contribution in [1.29, 1.82) is 0 Å². The number of carboxylic acids is 1. The molecule has 1 saturated heterocycles. The van der Waals surface area contributed by atoms with Gasteiger partial charge in [0.1, 0.15) is 5.82 Å². The zero-order valence-corrected chi connectivity index (χ0v) is 10.3. The number of benzene rings is 1. The number of likely N-dealkylation sites (tertiary alicyclic amines) is 1. The molecule has 0 spiro atoms. The van der Waals surface area contributed by atoms with Crippen molar-refractivity contribution < 1.29 is 14.3 Å². The van der Waals surface area contributed by atoms with Gasteiger partial charge in [-0.3, -0.25) is 9.69 Å². The number of nitrogens with zero attached hydrogens (tertiary/aromatic N) is 1. The fourth-order valence-corrected chi connectivity index (χ4v) is 2.53. The summed E-state index contributed by atoms with van der Waals surface area (Å²) in [6.07, 6.45) is 3.34. The highest BCUT2D eigenvalue weighted by Crippen LogP contribution is 2.22. The summed E-state index contributed by atoms with van der Waals surface area (Å²) in [4.78, 5) is 13.0. The van der Waals surface area contributed by atoms with Crippen molar-refractivity contribution in [1.82, 2.24) is 4.90 Å². The van der Waals surface area contributed by atoms with Crippen LogP contribution in [-0.4, -0.2) is 28.6 Å². The Hall–Kier alpha value is -1.42. The van der Waals surface area contributed by atoms with Gasteiger partial charge >= 0.3 is 5.97 Å². The lowest BCUT2D eigenvalue weighted by atomic mass is 9.98. The molecule has 1 aliphatic heterocycles. The Kier molecular flexibility index (Phi) is 4.31.